The molecule has 0 amide bonds. The van der Waals surface area contributed by atoms with Crippen molar-refractivity contribution in [3.8, 4) is 0 Å². The van der Waals surface area contributed by atoms with Crippen molar-refractivity contribution >= 4 is 11.8 Å². The van der Waals surface area contributed by atoms with E-state index in [9.17, 15) is 9.59 Å². The van der Waals surface area contributed by atoms with Crippen LogP contribution in [0.2, 0.25) is 0 Å². The number of ketones is 1. The lowest BCUT2D eigenvalue weighted by atomic mass is 9.85. The van der Waals surface area contributed by atoms with E-state index in [2.05, 4.69) is 0 Å². The summed E-state index contributed by atoms with van der Waals surface area (Å²) in [5.74, 6) is -0.354. The second-order valence-corrected chi connectivity index (χ2v) is 4.44. The molecule has 1 aromatic carbocycles. The van der Waals surface area contributed by atoms with Crippen LogP contribution in [0, 0.1) is 5.92 Å². The number of carbonyl (C=O) groups excluding carboxylic acids is 2. The minimum Gasteiger partial charge on any atom is -0.454 e. The van der Waals surface area contributed by atoms with Gasteiger partial charge in [0.2, 0.25) is 5.78 Å². The van der Waals surface area contributed by atoms with Gasteiger partial charge in [0.1, 0.15) is 0 Å². The highest BCUT2D eigenvalue weighted by molar-refractivity contribution is 6.00. The van der Waals surface area contributed by atoms with E-state index < -0.39 is 6.10 Å². The normalized spacial score (nSPS) is 17.0. The maximum atomic E-state index is 11.9. The van der Waals surface area contributed by atoms with Gasteiger partial charge in [-0.3, -0.25) is 9.59 Å². The minimum atomic E-state index is -0.689. The van der Waals surface area contributed by atoms with Crippen LogP contribution in [0.5, 0.6) is 0 Å². The first kappa shape index (κ1) is 11.8. The van der Waals surface area contributed by atoms with Gasteiger partial charge in [-0.1, -0.05) is 36.8 Å². The van der Waals surface area contributed by atoms with Crippen LogP contribution in [0.4, 0.5) is 0 Å². The molecule has 1 aromatic rings. The van der Waals surface area contributed by atoms with Crippen LogP contribution in [-0.4, -0.2) is 17.9 Å². The molecule has 90 valence electrons. The lowest BCUT2D eigenvalue weighted by molar-refractivity contribution is -0.154. The standard InChI is InChI=1S/C14H16O3/c1-10(17-14(16)12-8-5-9-12)13(15)11-6-3-2-4-7-11/h2-4,6-7,10,12H,5,8-9H2,1H3. The van der Waals surface area contributed by atoms with E-state index in [0.717, 1.165) is 19.3 Å². The third kappa shape index (κ3) is 2.73. The maximum absolute atomic E-state index is 11.9. The van der Waals surface area contributed by atoms with Gasteiger partial charge in [0.05, 0.1) is 5.92 Å². The molecule has 3 nitrogen and oxygen atoms in total. The van der Waals surface area contributed by atoms with Crippen molar-refractivity contribution in [3.63, 3.8) is 0 Å². The number of hydrogen-bond acceptors (Lipinski definition) is 3. The van der Waals surface area contributed by atoms with Crippen LogP contribution in [0.25, 0.3) is 0 Å². The second-order valence-electron chi connectivity index (χ2n) is 4.44. The van der Waals surface area contributed by atoms with Crippen LogP contribution in [-0.2, 0) is 9.53 Å². The molecule has 2 rings (SSSR count). The molecule has 1 aliphatic carbocycles. The van der Waals surface area contributed by atoms with Crippen molar-refractivity contribution in [1.29, 1.82) is 0 Å². The molecule has 0 aliphatic heterocycles. The molecule has 3 heteroatoms. The molecule has 1 unspecified atom stereocenters. The van der Waals surface area contributed by atoms with Crippen molar-refractivity contribution in [1.82, 2.24) is 0 Å². The third-order valence-electron chi connectivity index (χ3n) is 3.16. The Balaban J connectivity index is 1.93. The first-order valence-electron chi connectivity index (χ1n) is 5.98. The smallest absolute Gasteiger partial charge is 0.309 e. The fraction of sp³-hybridized carbons (Fsp3) is 0.429. The molecule has 0 spiro atoms. The van der Waals surface area contributed by atoms with Gasteiger partial charge < -0.3 is 4.74 Å². The summed E-state index contributed by atoms with van der Waals surface area (Å²) in [5, 5.41) is 0. The van der Waals surface area contributed by atoms with Gasteiger partial charge in [0, 0.05) is 5.56 Å². The van der Waals surface area contributed by atoms with Crippen LogP contribution >= 0.6 is 0 Å². The predicted octanol–water partition coefficient (Wildman–Crippen LogP) is 2.60. The summed E-state index contributed by atoms with van der Waals surface area (Å²) in [6.45, 7) is 1.63. The summed E-state index contributed by atoms with van der Waals surface area (Å²) in [6.07, 6.45) is 2.18. The van der Waals surface area contributed by atoms with E-state index >= 15 is 0 Å². The fourth-order valence-electron chi connectivity index (χ4n) is 1.81. The number of benzene rings is 1. The summed E-state index contributed by atoms with van der Waals surface area (Å²) in [6, 6.07) is 8.91. The molecule has 0 aromatic heterocycles. The zero-order chi connectivity index (χ0) is 12.3. The SMILES string of the molecule is CC(OC(=O)C1CCC1)C(=O)c1ccccc1. The molecule has 1 saturated carbocycles. The number of ether oxygens (including phenoxy) is 1. The molecular formula is C14H16O3. The summed E-state index contributed by atoms with van der Waals surface area (Å²) in [5.41, 5.74) is 0.585. The Hall–Kier alpha value is -1.64. The number of Topliss-reactive ketones (excluding diaryl/α,β-unsaturated/α-hetero) is 1. The summed E-state index contributed by atoms with van der Waals surface area (Å²) in [7, 11) is 0. The summed E-state index contributed by atoms with van der Waals surface area (Å²) in [4.78, 5) is 23.5. The van der Waals surface area contributed by atoms with E-state index in [-0.39, 0.29) is 17.7 Å². The molecular weight excluding hydrogens is 216 g/mol. The average Bonchev–Trinajstić information content (AvgIpc) is 2.26. The van der Waals surface area contributed by atoms with Crippen LogP contribution < -0.4 is 0 Å². The van der Waals surface area contributed by atoms with Crippen LogP contribution in [0.15, 0.2) is 30.3 Å². The van der Waals surface area contributed by atoms with E-state index in [1.807, 2.05) is 6.07 Å². The number of hydrogen-bond donors (Lipinski definition) is 0. The summed E-state index contributed by atoms with van der Waals surface area (Å²) < 4.78 is 5.18. The maximum Gasteiger partial charge on any atom is 0.309 e. The van der Waals surface area contributed by atoms with E-state index in [4.69, 9.17) is 4.74 Å². The van der Waals surface area contributed by atoms with Crippen LogP contribution in [0.1, 0.15) is 36.5 Å². The lowest BCUT2D eigenvalue weighted by Gasteiger charge is -2.24. The molecule has 0 N–H and O–H groups in total. The Labute approximate surface area is 101 Å². The third-order valence-corrected chi connectivity index (χ3v) is 3.16. The van der Waals surface area contributed by atoms with Gasteiger partial charge in [0.15, 0.2) is 6.10 Å². The number of rotatable bonds is 4. The van der Waals surface area contributed by atoms with Crippen LogP contribution in [0.3, 0.4) is 0 Å². The zero-order valence-electron chi connectivity index (χ0n) is 9.89. The van der Waals surface area contributed by atoms with Crippen molar-refractivity contribution in [2.24, 2.45) is 5.92 Å². The Morgan fingerprint density at radius 3 is 2.41 bits per heavy atom. The monoisotopic (exact) mass is 232 g/mol. The van der Waals surface area contributed by atoms with Gasteiger partial charge >= 0.3 is 5.97 Å². The van der Waals surface area contributed by atoms with E-state index in [1.54, 1.807) is 31.2 Å². The molecule has 1 atom stereocenters. The van der Waals surface area contributed by atoms with Crippen molar-refractivity contribution < 1.29 is 14.3 Å². The van der Waals surface area contributed by atoms with Crippen molar-refractivity contribution in [2.75, 3.05) is 0 Å². The molecule has 1 aliphatic rings. The molecule has 0 radical (unpaired) electrons. The Bertz CT molecular complexity index is 407. The van der Waals surface area contributed by atoms with E-state index in [0.29, 0.717) is 5.56 Å². The lowest BCUT2D eigenvalue weighted by Crippen LogP contribution is -2.31. The highest BCUT2D eigenvalue weighted by Crippen LogP contribution is 2.28. The Morgan fingerprint density at radius 1 is 1.24 bits per heavy atom. The van der Waals surface area contributed by atoms with Gasteiger partial charge in [-0.05, 0) is 19.8 Å². The van der Waals surface area contributed by atoms with Gasteiger partial charge in [-0.25, -0.2) is 0 Å². The molecule has 0 bridgehead atoms. The molecule has 1 fully saturated rings. The average molecular weight is 232 g/mol. The highest BCUT2D eigenvalue weighted by Gasteiger charge is 2.29. The number of esters is 1. The Morgan fingerprint density at radius 2 is 1.88 bits per heavy atom. The Kier molecular flexibility index (Phi) is 3.57. The van der Waals surface area contributed by atoms with Gasteiger partial charge in [-0.2, -0.15) is 0 Å². The topological polar surface area (TPSA) is 43.4 Å². The van der Waals surface area contributed by atoms with Gasteiger partial charge in [-0.15, -0.1) is 0 Å². The van der Waals surface area contributed by atoms with Gasteiger partial charge in [0.25, 0.3) is 0 Å². The van der Waals surface area contributed by atoms with Crippen molar-refractivity contribution in [3.05, 3.63) is 35.9 Å². The molecule has 17 heavy (non-hydrogen) atoms. The first-order valence-corrected chi connectivity index (χ1v) is 5.98. The fourth-order valence-corrected chi connectivity index (χ4v) is 1.81. The highest BCUT2D eigenvalue weighted by atomic mass is 16.5. The summed E-state index contributed by atoms with van der Waals surface area (Å²) >= 11 is 0. The van der Waals surface area contributed by atoms with Crippen molar-refractivity contribution in [2.45, 2.75) is 32.3 Å². The zero-order valence-corrected chi connectivity index (χ0v) is 9.89. The first-order chi connectivity index (χ1) is 8.18. The molecule has 0 saturated heterocycles. The number of carbonyl (C=O) groups is 2. The quantitative estimate of drug-likeness (QED) is 0.592. The van der Waals surface area contributed by atoms with E-state index in [1.165, 1.54) is 0 Å². The largest absolute Gasteiger partial charge is 0.454 e. The predicted molar refractivity (Wildman–Crippen MR) is 63.7 cm³/mol. The minimum absolute atomic E-state index is 0.0148. The second kappa shape index (κ2) is 5.13. The molecule has 0 heterocycles.